The second-order valence-electron chi connectivity index (χ2n) is 4.54. The van der Waals surface area contributed by atoms with Crippen LogP contribution in [0.2, 0.25) is 0 Å². The van der Waals surface area contributed by atoms with E-state index < -0.39 is 0 Å². The molecule has 1 rings (SSSR count). The summed E-state index contributed by atoms with van der Waals surface area (Å²) in [6, 6.07) is 1.86. The van der Waals surface area contributed by atoms with Gasteiger partial charge in [-0.25, -0.2) is 4.79 Å². The second-order valence-corrected chi connectivity index (χ2v) is 4.54. The molecule has 0 bridgehead atoms. The van der Waals surface area contributed by atoms with Crippen molar-refractivity contribution < 1.29 is 19.1 Å². The van der Waals surface area contributed by atoms with Crippen LogP contribution in [-0.2, 0) is 11.3 Å². The number of carbonyl (C=O) groups is 1. The summed E-state index contributed by atoms with van der Waals surface area (Å²) in [5.41, 5.74) is 0.456. The molecule has 0 aromatic carbocycles. The summed E-state index contributed by atoms with van der Waals surface area (Å²) in [6.07, 6.45) is 0.334. The van der Waals surface area contributed by atoms with Crippen LogP contribution in [0.4, 0.5) is 0 Å². The summed E-state index contributed by atoms with van der Waals surface area (Å²) in [5, 5.41) is 12.5. The molecule has 0 amide bonds. The minimum Gasteiger partial charge on any atom is -0.465 e. The maximum atomic E-state index is 11.4. The molecule has 18 heavy (non-hydrogen) atoms. The lowest BCUT2D eigenvalue weighted by atomic mass is 10.1. The molecule has 102 valence electrons. The fraction of sp³-hybridized carbons (Fsp3) is 0.615. The van der Waals surface area contributed by atoms with Gasteiger partial charge in [0.25, 0.3) is 0 Å². The zero-order chi connectivity index (χ0) is 13.7. The third kappa shape index (κ3) is 4.16. The number of aliphatic hydroxyl groups is 1. The summed E-state index contributed by atoms with van der Waals surface area (Å²) >= 11 is 0. The standard InChI is InChI=1S/C13H21NO4/c1-8(5-9(2)15)14-7-11-6-12(10(3)18-11)13(16)17-4/h6,8-9,14-15H,5,7H2,1-4H3. The number of aryl methyl sites for hydroxylation is 1. The Hall–Kier alpha value is -1.33. The van der Waals surface area contributed by atoms with Crippen LogP contribution in [0.5, 0.6) is 0 Å². The first-order valence-electron chi connectivity index (χ1n) is 6.03. The molecule has 0 saturated carbocycles. The van der Waals surface area contributed by atoms with E-state index in [0.717, 1.165) is 0 Å². The first kappa shape index (κ1) is 14.7. The van der Waals surface area contributed by atoms with Crippen molar-refractivity contribution in [3.05, 3.63) is 23.2 Å². The van der Waals surface area contributed by atoms with Crippen LogP contribution >= 0.6 is 0 Å². The topological polar surface area (TPSA) is 71.7 Å². The van der Waals surface area contributed by atoms with Crippen LogP contribution < -0.4 is 5.32 Å². The van der Waals surface area contributed by atoms with Crippen molar-refractivity contribution in [2.75, 3.05) is 7.11 Å². The van der Waals surface area contributed by atoms with Gasteiger partial charge in [0.2, 0.25) is 0 Å². The zero-order valence-electron chi connectivity index (χ0n) is 11.3. The Labute approximate surface area is 107 Å². The SMILES string of the molecule is COC(=O)c1cc(CNC(C)CC(C)O)oc1C. The molecule has 5 heteroatoms. The van der Waals surface area contributed by atoms with Gasteiger partial charge >= 0.3 is 5.97 Å². The van der Waals surface area contributed by atoms with Crippen LogP contribution in [0.15, 0.2) is 10.5 Å². The highest BCUT2D eigenvalue weighted by atomic mass is 16.5. The lowest BCUT2D eigenvalue weighted by molar-refractivity contribution is 0.0599. The van der Waals surface area contributed by atoms with Crippen molar-refractivity contribution in [3.8, 4) is 0 Å². The van der Waals surface area contributed by atoms with E-state index in [-0.39, 0.29) is 18.1 Å². The van der Waals surface area contributed by atoms with Crippen LogP contribution in [-0.4, -0.2) is 30.3 Å². The molecule has 0 saturated heterocycles. The molecule has 0 radical (unpaired) electrons. The lowest BCUT2D eigenvalue weighted by Gasteiger charge is -2.14. The highest BCUT2D eigenvalue weighted by Crippen LogP contribution is 2.15. The van der Waals surface area contributed by atoms with Crippen molar-refractivity contribution in [2.24, 2.45) is 0 Å². The van der Waals surface area contributed by atoms with Gasteiger partial charge in [-0.05, 0) is 33.3 Å². The fourth-order valence-corrected chi connectivity index (χ4v) is 1.81. The summed E-state index contributed by atoms with van der Waals surface area (Å²) in [4.78, 5) is 11.4. The van der Waals surface area contributed by atoms with Gasteiger partial charge in [0, 0.05) is 6.04 Å². The number of furan rings is 1. The summed E-state index contributed by atoms with van der Waals surface area (Å²) in [6.45, 7) is 6.00. The lowest BCUT2D eigenvalue weighted by Crippen LogP contribution is -2.28. The molecule has 0 aliphatic heterocycles. The molecule has 5 nitrogen and oxygen atoms in total. The van der Waals surface area contributed by atoms with Crippen LogP contribution in [0.1, 0.15) is 42.1 Å². The Balaban J connectivity index is 2.56. The third-order valence-corrected chi connectivity index (χ3v) is 2.69. The Kier molecular flexibility index (Phi) is 5.37. The molecule has 1 heterocycles. The van der Waals surface area contributed by atoms with Crippen molar-refractivity contribution in [1.82, 2.24) is 5.32 Å². The number of methoxy groups -OCH3 is 1. The van der Waals surface area contributed by atoms with E-state index in [1.807, 2.05) is 6.92 Å². The average Bonchev–Trinajstić information content (AvgIpc) is 2.66. The fourth-order valence-electron chi connectivity index (χ4n) is 1.81. The quantitative estimate of drug-likeness (QED) is 0.756. The Morgan fingerprint density at radius 2 is 2.22 bits per heavy atom. The van der Waals surface area contributed by atoms with E-state index in [2.05, 4.69) is 10.1 Å². The van der Waals surface area contributed by atoms with Gasteiger partial charge in [-0.1, -0.05) is 0 Å². The van der Waals surface area contributed by atoms with Crippen molar-refractivity contribution >= 4 is 5.97 Å². The number of esters is 1. The maximum absolute atomic E-state index is 11.4. The number of carbonyl (C=O) groups excluding carboxylic acids is 1. The van der Waals surface area contributed by atoms with Gasteiger partial charge in [-0.3, -0.25) is 0 Å². The number of hydrogen-bond acceptors (Lipinski definition) is 5. The van der Waals surface area contributed by atoms with Crippen LogP contribution in [0, 0.1) is 6.92 Å². The highest BCUT2D eigenvalue weighted by Gasteiger charge is 2.15. The minimum atomic E-state index is -0.389. The molecule has 2 atom stereocenters. The van der Waals surface area contributed by atoms with E-state index in [1.165, 1.54) is 7.11 Å². The Morgan fingerprint density at radius 3 is 2.78 bits per heavy atom. The predicted molar refractivity (Wildman–Crippen MR) is 67.4 cm³/mol. The van der Waals surface area contributed by atoms with E-state index in [0.29, 0.717) is 30.0 Å². The van der Waals surface area contributed by atoms with Crippen molar-refractivity contribution in [2.45, 2.75) is 45.9 Å². The third-order valence-electron chi connectivity index (χ3n) is 2.69. The first-order valence-corrected chi connectivity index (χ1v) is 6.03. The first-order chi connectivity index (χ1) is 8.43. The zero-order valence-corrected chi connectivity index (χ0v) is 11.3. The van der Waals surface area contributed by atoms with E-state index >= 15 is 0 Å². The summed E-state index contributed by atoms with van der Waals surface area (Å²) in [7, 11) is 1.34. The number of ether oxygens (including phenoxy) is 1. The molecule has 0 aliphatic rings. The van der Waals surface area contributed by atoms with Gasteiger partial charge in [-0.15, -0.1) is 0 Å². The number of nitrogens with one attached hydrogen (secondary N) is 1. The van der Waals surface area contributed by atoms with Gasteiger partial charge in [0.05, 0.1) is 19.8 Å². The normalized spacial score (nSPS) is 14.3. The van der Waals surface area contributed by atoms with Crippen LogP contribution in [0.25, 0.3) is 0 Å². The van der Waals surface area contributed by atoms with Gasteiger partial charge in [-0.2, -0.15) is 0 Å². The summed E-state index contributed by atoms with van der Waals surface area (Å²) in [5.74, 6) is 0.853. The smallest absolute Gasteiger partial charge is 0.341 e. The molecular formula is C13H21NO4. The molecule has 2 unspecified atom stereocenters. The Bertz CT molecular complexity index is 398. The number of rotatable bonds is 6. The molecule has 0 aliphatic carbocycles. The monoisotopic (exact) mass is 255 g/mol. The van der Waals surface area contributed by atoms with Crippen LogP contribution in [0.3, 0.4) is 0 Å². The Morgan fingerprint density at radius 1 is 1.56 bits per heavy atom. The van der Waals surface area contributed by atoms with Crippen molar-refractivity contribution in [3.63, 3.8) is 0 Å². The highest BCUT2D eigenvalue weighted by molar-refractivity contribution is 5.90. The maximum Gasteiger partial charge on any atom is 0.341 e. The number of aliphatic hydroxyl groups excluding tert-OH is 1. The number of hydrogen-bond donors (Lipinski definition) is 2. The average molecular weight is 255 g/mol. The largest absolute Gasteiger partial charge is 0.465 e. The molecule has 1 aromatic heterocycles. The van der Waals surface area contributed by atoms with E-state index in [9.17, 15) is 9.90 Å². The molecule has 1 aromatic rings. The van der Waals surface area contributed by atoms with Gasteiger partial charge in [0.1, 0.15) is 17.1 Å². The molecule has 0 spiro atoms. The predicted octanol–water partition coefficient (Wildman–Crippen LogP) is 1.62. The van der Waals surface area contributed by atoms with E-state index in [4.69, 9.17) is 4.42 Å². The molecular weight excluding hydrogens is 234 g/mol. The van der Waals surface area contributed by atoms with Crippen molar-refractivity contribution in [1.29, 1.82) is 0 Å². The minimum absolute atomic E-state index is 0.178. The van der Waals surface area contributed by atoms with Gasteiger partial charge < -0.3 is 19.6 Å². The molecule has 2 N–H and O–H groups in total. The van der Waals surface area contributed by atoms with E-state index in [1.54, 1.807) is 19.9 Å². The molecule has 0 fully saturated rings. The second kappa shape index (κ2) is 6.56. The van der Waals surface area contributed by atoms with Gasteiger partial charge in [0.15, 0.2) is 0 Å². The summed E-state index contributed by atoms with van der Waals surface area (Å²) < 4.78 is 10.1.